The number of nitrogens with zero attached hydrogens (tertiary/aromatic N) is 3. The van der Waals surface area contributed by atoms with Crippen molar-refractivity contribution in [2.24, 2.45) is 10.2 Å². The maximum atomic E-state index is 12.1. The van der Waals surface area contributed by atoms with Crippen LogP contribution in [0.25, 0.3) is 0 Å². The summed E-state index contributed by atoms with van der Waals surface area (Å²) in [5.74, 6) is -0.0826. The molecule has 1 saturated heterocycles. The predicted molar refractivity (Wildman–Crippen MR) is 103 cm³/mol. The molecule has 1 aliphatic rings. The number of rotatable bonds is 5. The SMILES string of the molecule is Cc1cccc(C[C@H]2S/C(=N/N=Cc3ccc([N+](=O)[O-])cc3)NC2=O)c1. The molecule has 0 saturated carbocycles. The Labute approximate surface area is 154 Å². The Kier molecular flexibility index (Phi) is 5.43. The maximum Gasteiger partial charge on any atom is 0.269 e. The number of hydrogen-bond acceptors (Lipinski definition) is 6. The molecule has 0 unspecified atom stereocenters. The van der Waals surface area contributed by atoms with Crippen molar-refractivity contribution in [3.63, 3.8) is 0 Å². The summed E-state index contributed by atoms with van der Waals surface area (Å²) in [6, 6.07) is 14.0. The second-order valence-corrected chi connectivity index (χ2v) is 6.98. The minimum absolute atomic E-state index is 0.0195. The lowest BCUT2D eigenvalue weighted by molar-refractivity contribution is -0.384. The summed E-state index contributed by atoms with van der Waals surface area (Å²) < 4.78 is 0. The van der Waals surface area contributed by atoms with Crippen molar-refractivity contribution in [3.05, 3.63) is 75.3 Å². The van der Waals surface area contributed by atoms with Crippen LogP contribution in [-0.2, 0) is 11.2 Å². The molecular weight excluding hydrogens is 352 g/mol. The number of thioether (sulfide) groups is 1. The van der Waals surface area contributed by atoms with Crippen LogP contribution in [-0.4, -0.2) is 27.5 Å². The van der Waals surface area contributed by atoms with Crippen LogP contribution in [0, 0.1) is 17.0 Å². The highest BCUT2D eigenvalue weighted by Gasteiger charge is 2.30. The Morgan fingerprint density at radius 3 is 2.73 bits per heavy atom. The monoisotopic (exact) mass is 368 g/mol. The van der Waals surface area contributed by atoms with Crippen LogP contribution >= 0.6 is 11.8 Å². The van der Waals surface area contributed by atoms with E-state index in [-0.39, 0.29) is 16.8 Å². The number of nitrogens with one attached hydrogen (secondary N) is 1. The van der Waals surface area contributed by atoms with Crippen molar-refractivity contribution in [1.82, 2.24) is 5.32 Å². The van der Waals surface area contributed by atoms with Gasteiger partial charge >= 0.3 is 0 Å². The van der Waals surface area contributed by atoms with Crippen LogP contribution in [0.15, 0.2) is 58.7 Å². The molecule has 1 atom stereocenters. The minimum Gasteiger partial charge on any atom is -0.303 e. The zero-order valence-electron chi connectivity index (χ0n) is 14.0. The molecule has 0 bridgehead atoms. The number of aryl methyl sites for hydroxylation is 1. The lowest BCUT2D eigenvalue weighted by Crippen LogP contribution is -2.25. The van der Waals surface area contributed by atoms with Crippen molar-refractivity contribution < 1.29 is 9.72 Å². The van der Waals surface area contributed by atoms with E-state index in [1.54, 1.807) is 12.1 Å². The Hall–Kier alpha value is -3.00. The summed E-state index contributed by atoms with van der Waals surface area (Å²) in [7, 11) is 0. The standard InChI is InChI=1S/C18H16N4O3S/c1-12-3-2-4-14(9-12)10-16-17(23)20-18(26-16)21-19-11-13-5-7-15(8-6-13)22(24)25/h2-9,11,16H,10H2,1H3,(H,20,21,23)/t16-/m1/s1. The average molecular weight is 368 g/mol. The number of carbonyl (C=O) groups excluding carboxylic acids is 1. The van der Waals surface area contributed by atoms with Crippen LogP contribution in [0.5, 0.6) is 0 Å². The number of amides is 1. The second kappa shape index (κ2) is 7.92. The fraction of sp³-hybridized carbons (Fsp3) is 0.167. The molecular formula is C18H16N4O3S. The molecule has 132 valence electrons. The molecule has 1 fully saturated rings. The average Bonchev–Trinajstić information content (AvgIpc) is 2.95. The summed E-state index contributed by atoms with van der Waals surface area (Å²) in [5.41, 5.74) is 2.97. The van der Waals surface area contributed by atoms with Crippen LogP contribution < -0.4 is 5.32 Å². The normalized spacial score (nSPS) is 18.4. The van der Waals surface area contributed by atoms with E-state index in [2.05, 4.69) is 21.6 Å². The Morgan fingerprint density at radius 2 is 2.04 bits per heavy atom. The first kappa shape index (κ1) is 17.8. The van der Waals surface area contributed by atoms with Gasteiger partial charge in [-0.15, -0.1) is 5.10 Å². The van der Waals surface area contributed by atoms with Gasteiger partial charge in [0.05, 0.1) is 16.4 Å². The first-order valence-corrected chi connectivity index (χ1v) is 8.78. The zero-order valence-corrected chi connectivity index (χ0v) is 14.8. The number of carbonyl (C=O) groups is 1. The molecule has 2 aromatic rings. The van der Waals surface area contributed by atoms with E-state index in [0.29, 0.717) is 17.2 Å². The van der Waals surface area contributed by atoms with E-state index in [1.165, 1.54) is 30.1 Å². The van der Waals surface area contributed by atoms with Gasteiger partial charge in [-0.05, 0) is 36.6 Å². The van der Waals surface area contributed by atoms with Crippen LogP contribution in [0.4, 0.5) is 5.69 Å². The smallest absolute Gasteiger partial charge is 0.269 e. The van der Waals surface area contributed by atoms with Gasteiger partial charge in [-0.25, -0.2) is 0 Å². The number of hydrogen-bond donors (Lipinski definition) is 1. The highest BCUT2D eigenvalue weighted by molar-refractivity contribution is 8.15. The highest BCUT2D eigenvalue weighted by Crippen LogP contribution is 2.23. The quantitative estimate of drug-likeness (QED) is 0.498. The molecule has 1 aliphatic heterocycles. The van der Waals surface area contributed by atoms with Gasteiger partial charge in [0.25, 0.3) is 5.69 Å². The Morgan fingerprint density at radius 1 is 1.27 bits per heavy atom. The zero-order chi connectivity index (χ0) is 18.5. The third kappa shape index (κ3) is 4.54. The molecule has 0 radical (unpaired) electrons. The van der Waals surface area contributed by atoms with E-state index in [1.807, 2.05) is 25.1 Å². The minimum atomic E-state index is -0.458. The van der Waals surface area contributed by atoms with Crippen molar-refractivity contribution >= 4 is 34.7 Å². The third-order valence-corrected chi connectivity index (χ3v) is 4.81. The van der Waals surface area contributed by atoms with Crippen molar-refractivity contribution in [2.45, 2.75) is 18.6 Å². The Bertz CT molecular complexity index is 894. The fourth-order valence-corrected chi connectivity index (χ4v) is 3.43. The topological polar surface area (TPSA) is 97.0 Å². The van der Waals surface area contributed by atoms with Crippen molar-refractivity contribution in [1.29, 1.82) is 0 Å². The van der Waals surface area contributed by atoms with Crippen LogP contribution in [0.3, 0.4) is 0 Å². The van der Waals surface area contributed by atoms with E-state index in [0.717, 1.165) is 11.1 Å². The number of benzene rings is 2. The summed E-state index contributed by atoms with van der Waals surface area (Å²) in [6.07, 6.45) is 2.11. The van der Waals surface area contributed by atoms with E-state index in [4.69, 9.17) is 0 Å². The van der Waals surface area contributed by atoms with Gasteiger partial charge in [0.1, 0.15) is 0 Å². The second-order valence-electron chi connectivity index (χ2n) is 5.79. The van der Waals surface area contributed by atoms with Gasteiger partial charge < -0.3 is 5.32 Å². The van der Waals surface area contributed by atoms with Crippen molar-refractivity contribution in [3.8, 4) is 0 Å². The van der Waals surface area contributed by atoms with Crippen molar-refractivity contribution in [2.75, 3.05) is 0 Å². The lowest BCUT2D eigenvalue weighted by atomic mass is 10.1. The summed E-state index contributed by atoms with van der Waals surface area (Å²) in [6.45, 7) is 2.02. The molecule has 26 heavy (non-hydrogen) atoms. The van der Waals surface area contributed by atoms with E-state index in [9.17, 15) is 14.9 Å². The fourth-order valence-electron chi connectivity index (χ4n) is 2.47. The highest BCUT2D eigenvalue weighted by atomic mass is 32.2. The summed E-state index contributed by atoms with van der Waals surface area (Å²) in [4.78, 5) is 22.2. The van der Waals surface area contributed by atoms with Gasteiger partial charge in [0.15, 0.2) is 5.17 Å². The molecule has 0 aliphatic carbocycles. The third-order valence-electron chi connectivity index (χ3n) is 3.74. The molecule has 1 amide bonds. The maximum absolute atomic E-state index is 12.1. The van der Waals surface area contributed by atoms with Gasteiger partial charge in [0, 0.05) is 12.1 Å². The molecule has 3 rings (SSSR count). The molecule has 1 N–H and O–H groups in total. The molecule has 8 heteroatoms. The summed E-state index contributed by atoms with van der Waals surface area (Å²) in [5, 5.41) is 21.5. The van der Waals surface area contributed by atoms with Gasteiger partial charge in [-0.2, -0.15) is 5.10 Å². The number of nitro benzene ring substituents is 1. The molecule has 0 aromatic heterocycles. The first-order valence-electron chi connectivity index (χ1n) is 7.90. The van der Waals surface area contributed by atoms with E-state index < -0.39 is 4.92 Å². The number of non-ortho nitro benzene ring substituents is 1. The lowest BCUT2D eigenvalue weighted by Gasteiger charge is -2.05. The number of nitro groups is 1. The van der Waals surface area contributed by atoms with Gasteiger partial charge in [-0.1, -0.05) is 41.6 Å². The molecule has 2 aromatic carbocycles. The molecule has 7 nitrogen and oxygen atoms in total. The predicted octanol–water partition coefficient (Wildman–Crippen LogP) is 3.07. The molecule has 0 spiro atoms. The number of amidine groups is 1. The van der Waals surface area contributed by atoms with Gasteiger partial charge in [0.2, 0.25) is 5.91 Å². The van der Waals surface area contributed by atoms with Gasteiger partial charge in [-0.3, -0.25) is 14.9 Å². The molecule has 1 heterocycles. The van der Waals surface area contributed by atoms with Crippen LogP contribution in [0.2, 0.25) is 0 Å². The first-order chi connectivity index (χ1) is 12.5. The van der Waals surface area contributed by atoms with E-state index >= 15 is 0 Å². The van der Waals surface area contributed by atoms with Crippen LogP contribution in [0.1, 0.15) is 16.7 Å². The summed E-state index contributed by atoms with van der Waals surface area (Å²) >= 11 is 1.35. The Balaban J connectivity index is 1.61. The largest absolute Gasteiger partial charge is 0.303 e.